The summed E-state index contributed by atoms with van der Waals surface area (Å²) in [6, 6.07) is 12.4. The Morgan fingerprint density at radius 2 is 1.87 bits per heavy atom. The first-order valence-electron chi connectivity index (χ1n) is 10.2. The first-order valence-corrected chi connectivity index (χ1v) is 11.1. The van der Waals surface area contributed by atoms with Crippen LogP contribution in [0.3, 0.4) is 0 Å². The lowest BCUT2D eigenvalue weighted by atomic mass is 9.71. The minimum Gasteiger partial charge on any atom is -0.444 e. The summed E-state index contributed by atoms with van der Waals surface area (Å²) >= 11 is 1.66. The summed E-state index contributed by atoms with van der Waals surface area (Å²) in [5, 5.41) is 7.28. The number of ether oxygens (including phenoxy) is 1. The number of pyridine rings is 1. The van der Waals surface area contributed by atoms with Gasteiger partial charge in [0.05, 0.1) is 5.54 Å². The first kappa shape index (κ1) is 20.4. The Labute approximate surface area is 181 Å². The van der Waals surface area contributed by atoms with Gasteiger partial charge in [-0.1, -0.05) is 24.3 Å². The van der Waals surface area contributed by atoms with E-state index in [1.807, 2.05) is 33.0 Å². The molecule has 0 radical (unpaired) electrons. The number of nitrogens with one attached hydrogen (secondary N) is 1. The lowest BCUT2D eigenvalue weighted by Gasteiger charge is -2.43. The van der Waals surface area contributed by atoms with Crippen LogP contribution in [0.15, 0.2) is 53.4 Å². The molecule has 1 aromatic carbocycles. The summed E-state index contributed by atoms with van der Waals surface area (Å²) in [7, 11) is 0. The summed E-state index contributed by atoms with van der Waals surface area (Å²) in [4.78, 5) is 16.7. The zero-order chi connectivity index (χ0) is 21.4. The van der Waals surface area contributed by atoms with E-state index in [0.29, 0.717) is 5.82 Å². The van der Waals surface area contributed by atoms with Crippen molar-refractivity contribution in [2.24, 2.45) is 0 Å². The Balaban J connectivity index is 1.61. The van der Waals surface area contributed by atoms with Crippen LogP contribution in [0.5, 0.6) is 0 Å². The summed E-state index contributed by atoms with van der Waals surface area (Å²) < 4.78 is 5.48. The molecule has 1 aliphatic rings. The molecule has 3 N–H and O–H groups in total. The second-order valence-electron chi connectivity index (χ2n) is 8.81. The number of carbonyl (C=O) groups is 1. The first-order chi connectivity index (χ1) is 14.3. The average Bonchev–Trinajstić information content (AvgIpc) is 3.18. The molecule has 0 saturated heterocycles. The smallest absolute Gasteiger partial charge is 0.408 e. The minimum atomic E-state index is -0.515. The third-order valence-corrected chi connectivity index (χ3v) is 6.14. The third kappa shape index (κ3) is 4.19. The van der Waals surface area contributed by atoms with Crippen LogP contribution in [0.25, 0.3) is 22.3 Å². The van der Waals surface area contributed by atoms with Gasteiger partial charge < -0.3 is 15.8 Å². The van der Waals surface area contributed by atoms with Crippen molar-refractivity contribution in [2.45, 2.75) is 51.2 Å². The number of carbonyl (C=O) groups excluding carboxylic acids is 1. The van der Waals surface area contributed by atoms with Crippen molar-refractivity contribution >= 4 is 23.2 Å². The molecule has 2 aromatic heterocycles. The molecule has 30 heavy (non-hydrogen) atoms. The van der Waals surface area contributed by atoms with Gasteiger partial charge in [-0.25, -0.2) is 9.78 Å². The molecule has 6 heteroatoms. The van der Waals surface area contributed by atoms with Crippen LogP contribution in [0.1, 0.15) is 45.6 Å². The van der Waals surface area contributed by atoms with Gasteiger partial charge in [0.1, 0.15) is 11.4 Å². The molecule has 1 saturated carbocycles. The summed E-state index contributed by atoms with van der Waals surface area (Å²) in [5.41, 5.74) is 10.5. The number of alkyl carbamates (subject to hydrolysis) is 1. The molecule has 1 fully saturated rings. The van der Waals surface area contributed by atoms with Crippen molar-refractivity contribution < 1.29 is 9.53 Å². The molecule has 0 atom stereocenters. The topological polar surface area (TPSA) is 77.2 Å². The third-order valence-electron chi connectivity index (χ3n) is 5.45. The van der Waals surface area contributed by atoms with Crippen LogP contribution in [0.4, 0.5) is 10.6 Å². The number of hydrogen-bond acceptors (Lipinski definition) is 5. The molecule has 5 nitrogen and oxygen atoms in total. The highest BCUT2D eigenvalue weighted by Crippen LogP contribution is 2.42. The molecule has 1 aliphatic carbocycles. The minimum absolute atomic E-state index is 0.351. The molecular formula is C24H27N3O2S. The molecule has 4 rings (SSSR count). The average molecular weight is 422 g/mol. The molecule has 0 unspecified atom stereocenters. The number of nitrogens with two attached hydrogens (primary N) is 1. The van der Waals surface area contributed by atoms with Gasteiger partial charge in [-0.05, 0) is 85.2 Å². The normalized spacial score (nSPS) is 15.3. The highest BCUT2D eigenvalue weighted by Gasteiger charge is 2.41. The molecule has 0 spiro atoms. The summed E-state index contributed by atoms with van der Waals surface area (Å²) in [5.74, 6) is 0.506. The van der Waals surface area contributed by atoms with Gasteiger partial charge in [0.2, 0.25) is 0 Å². The van der Waals surface area contributed by atoms with E-state index in [9.17, 15) is 4.79 Å². The van der Waals surface area contributed by atoms with Gasteiger partial charge in [-0.15, -0.1) is 0 Å². The number of anilines is 1. The number of amides is 1. The largest absolute Gasteiger partial charge is 0.444 e. The van der Waals surface area contributed by atoms with Crippen LogP contribution >= 0.6 is 11.3 Å². The monoisotopic (exact) mass is 421 g/mol. The highest BCUT2D eigenvalue weighted by molar-refractivity contribution is 7.08. The summed E-state index contributed by atoms with van der Waals surface area (Å²) in [6.45, 7) is 5.63. The van der Waals surface area contributed by atoms with Crippen molar-refractivity contribution in [1.29, 1.82) is 0 Å². The van der Waals surface area contributed by atoms with Gasteiger partial charge in [-0.2, -0.15) is 11.3 Å². The van der Waals surface area contributed by atoms with Crippen LogP contribution < -0.4 is 11.1 Å². The Morgan fingerprint density at radius 3 is 2.43 bits per heavy atom. The van der Waals surface area contributed by atoms with Gasteiger partial charge in [0.25, 0.3) is 0 Å². The lowest BCUT2D eigenvalue weighted by molar-refractivity contribution is 0.0377. The predicted octanol–water partition coefficient (Wildman–Crippen LogP) is 5.96. The fraction of sp³-hybridized carbons (Fsp3) is 0.333. The van der Waals surface area contributed by atoms with Crippen LogP contribution in [-0.2, 0) is 10.3 Å². The molecule has 0 bridgehead atoms. The zero-order valence-corrected chi connectivity index (χ0v) is 18.4. The second kappa shape index (κ2) is 7.76. The Kier molecular flexibility index (Phi) is 5.28. The SMILES string of the molecule is CC(C)(C)OC(=O)NC1(c2ccc(-c3cnc(N)cc3-c3ccsc3)cc2)CCC1. The maximum absolute atomic E-state index is 12.4. The molecule has 156 valence electrons. The summed E-state index contributed by atoms with van der Waals surface area (Å²) in [6.07, 6.45) is 4.37. The number of nitrogen functional groups attached to an aromatic ring is 1. The number of benzene rings is 1. The number of nitrogens with zero attached hydrogens (tertiary/aromatic N) is 1. The fourth-order valence-electron chi connectivity index (χ4n) is 3.84. The van der Waals surface area contributed by atoms with Crippen LogP contribution in [0, 0.1) is 0 Å². The Bertz CT molecular complexity index is 1030. The quantitative estimate of drug-likeness (QED) is 0.545. The number of rotatable bonds is 4. The highest BCUT2D eigenvalue weighted by atomic mass is 32.1. The van der Waals surface area contributed by atoms with E-state index in [-0.39, 0.29) is 11.6 Å². The van der Waals surface area contributed by atoms with E-state index in [1.165, 1.54) is 0 Å². The van der Waals surface area contributed by atoms with Gasteiger partial charge >= 0.3 is 6.09 Å². The van der Waals surface area contributed by atoms with E-state index >= 15 is 0 Å². The fourth-order valence-corrected chi connectivity index (χ4v) is 4.50. The molecule has 2 heterocycles. The van der Waals surface area contributed by atoms with Crippen LogP contribution in [0.2, 0.25) is 0 Å². The molecule has 0 aliphatic heterocycles. The van der Waals surface area contributed by atoms with E-state index in [1.54, 1.807) is 11.3 Å². The lowest BCUT2D eigenvalue weighted by Crippen LogP contribution is -2.52. The Hall–Kier alpha value is -2.86. The number of hydrogen-bond donors (Lipinski definition) is 2. The predicted molar refractivity (Wildman–Crippen MR) is 122 cm³/mol. The maximum atomic E-state index is 12.4. The van der Waals surface area contributed by atoms with Crippen LogP contribution in [-0.4, -0.2) is 16.7 Å². The Morgan fingerprint density at radius 1 is 1.13 bits per heavy atom. The molecular weight excluding hydrogens is 394 g/mol. The zero-order valence-electron chi connectivity index (χ0n) is 17.6. The van der Waals surface area contributed by atoms with Crippen molar-refractivity contribution in [3.8, 4) is 22.3 Å². The number of thiophene rings is 1. The van der Waals surface area contributed by atoms with E-state index < -0.39 is 5.60 Å². The maximum Gasteiger partial charge on any atom is 0.408 e. The van der Waals surface area contributed by atoms with Gasteiger partial charge in [-0.3, -0.25) is 0 Å². The molecule has 3 aromatic rings. The van der Waals surface area contributed by atoms with Crippen molar-refractivity contribution in [1.82, 2.24) is 10.3 Å². The van der Waals surface area contributed by atoms with Crippen molar-refractivity contribution in [3.05, 3.63) is 58.9 Å². The second-order valence-corrected chi connectivity index (χ2v) is 9.59. The van der Waals surface area contributed by atoms with Gasteiger partial charge in [0, 0.05) is 11.8 Å². The van der Waals surface area contributed by atoms with E-state index in [2.05, 4.69) is 51.4 Å². The number of aromatic nitrogens is 1. The standard InChI is InChI=1S/C24H27N3O2S/c1-23(2,3)29-22(28)27-24(10-4-11-24)18-7-5-16(6-8-18)20-14-26-21(25)13-19(20)17-9-12-30-15-17/h5-9,12-15H,4,10-11H2,1-3H3,(H2,25,26)(H,27,28). The van der Waals surface area contributed by atoms with Crippen molar-refractivity contribution in [3.63, 3.8) is 0 Å². The molecule has 1 amide bonds. The van der Waals surface area contributed by atoms with Gasteiger partial charge in [0.15, 0.2) is 0 Å². The van der Waals surface area contributed by atoms with E-state index in [0.717, 1.165) is 47.1 Å². The van der Waals surface area contributed by atoms with E-state index in [4.69, 9.17) is 10.5 Å². The van der Waals surface area contributed by atoms with Crippen molar-refractivity contribution in [2.75, 3.05) is 5.73 Å².